The number of fused-ring (bicyclic) bond motifs is 1. The van der Waals surface area contributed by atoms with Gasteiger partial charge in [0.2, 0.25) is 5.91 Å². The van der Waals surface area contributed by atoms with Crippen LogP contribution in [0.2, 0.25) is 0 Å². The Hall–Kier alpha value is -2.29. The summed E-state index contributed by atoms with van der Waals surface area (Å²) in [6.45, 7) is 1.62. The summed E-state index contributed by atoms with van der Waals surface area (Å²) in [5.41, 5.74) is 0.172. The first kappa shape index (κ1) is 10.8. The Bertz CT molecular complexity index is 538. The van der Waals surface area contributed by atoms with E-state index in [4.69, 9.17) is 5.26 Å². The van der Waals surface area contributed by atoms with Crippen LogP contribution in [-0.2, 0) is 4.79 Å². The minimum absolute atomic E-state index is 0.0282. The van der Waals surface area contributed by atoms with Crippen molar-refractivity contribution in [2.24, 2.45) is 5.41 Å². The highest BCUT2D eigenvalue weighted by atomic mass is 16.2. The molecule has 1 amide bonds. The Labute approximate surface area is 105 Å². The molecule has 0 aliphatic carbocycles. The number of carbonyl (C=O) groups excluding carboxylic acids is 1. The van der Waals surface area contributed by atoms with E-state index in [0.29, 0.717) is 37.6 Å². The van der Waals surface area contributed by atoms with Crippen LogP contribution in [0.3, 0.4) is 0 Å². The Morgan fingerprint density at radius 2 is 2.44 bits per heavy atom. The molecule has 18 heavy (non-hydrogen) atoms. The van der Waals surface area contributed by atoms with Gasteiger partial charge < -0.3 is 15.5 Å². The van der Waals surface area contributed by atoms with Gasteiger partial charge in [-0.1, -0.05) is 0 Å². The summed E-state index contributed by atoms with van der Waals surface area (Å²) in [5, 5.41) is 15.0. The molecule has 1 fully saturated rings. The highest BCUT2D eigenvalue weighted by Gasteiger charge is 2.46. The van der Waals surface area contributed by atoms with Gasteiger partial charge in [-0.05, 0) is 18.6 Å². The van der Waals surface area contributed by atoms with Crippen LogP contribution in [0.15, 0.2) is 18.3 Å². The van der Waals surface area contributed by atoms with Crippen molar-refractivity contribution in [2.45, 2.75) is 6.42 Å². The summed E-state index contributed by atoms with van der Waals surface area (Å²) in [6, 6.07) is 3.61. The highest BCUT2D eigenvalue weighted by Crippen LogP contribution is 2.35. The SMILES string of the molecule is N#CN1CCC2(CNc3ncccc3NC2=O)C1. The minimum Gasteiger partial charge on any atom is -0.367 e. The van der Waals surface area contributed by atoms with Gasteiger partial charge in [-0.3, -0.25) is 4.79 Å². The van der Waals surface area contributed by atoms with Crippen molar-refractivity contribution in [2.75, 3.05) is 30.3 Å². The van der Waals surface area contributed by atoms with Crippen LogP contribution in [-0.4, -0.2) is 35.4 Å². The van der Waals surface area contributed by atoms with E-state index >= 15 is 0 Å². The van der Waals surface area contributed by atoms with Gasteiger partial charge in [0, 0.05) is 25.8 Å². The van der Waals surface area contributed by atoms with Crippen molar-refractivity contribution in [1.82, 2.24) is 9.88 Å². The average Bonchev–Trinajstić information content (AvgIpc) is 2.76. The molecule has 6 heteroatoms. The number of nitriles is 1. The van der Waals surface area contributed by atoms with Gasteiger partial charge in [0.15, 0.2) is 6.19 Å². The Kier molecular flexibility index (Phi) is 2.33. The van der Waals surface area contributed by atoms with Gasteiger partial charge in [-0.15, -0.1) is 0 Å². The van der Waals surface area contributed by atoms with E-state index in [1.165, 1.54) is 0 Å². The van der Waals surface area contributed by atoms with Crippen LogP contribution in [0.25, 0.3) is 0 Å². The number of rotatable bonds is 0. The standard InChI is InChI=1S/C12H13N5O/c13-8-17-5-3-12(7-17)6-15-10-9(16-11(12)18)2-1-4-14-10/h1-2,4H,3,5-7H2,(H,14,15)(H,16,18). The topological polar surface area (TPSA) is 81.1 Å². The van der Waals surface area contributed by atoms with E-state index in [1.54, 1.807) is 17.2 Å². The highest BCUT2D eigenvalue weighted by molar-refractivity contribution is 5.99. The Morgan fingerprint density at radius 3 is 3.22 bits per heavy atom. The number of likely N-dealkylation sites (tertiary alicyclic amines) is 1. The smallest absolute Gasteiger partial charge is 0.234 e. The van der Waals surface area contributed by atoms with E-state index in [-0.39, 0.29) is 5.91 Å². The number of aromatic nitrogens is 1. The average molecular weight is 243 g/mol. The van der Waals surface area contributed by atoms with Crippen molar-refractivity contribution >= 4 is 17.4 Å². The lowest BCUT2D eigenvalue weighted by molar-refractivity contribution is -0.124. The van der Waals surface area contributed by atoms with Crippen molar-refractivity contribution in [1.29, 1.82) is 5.26 Å². The predicted molar refractivity (Wildman–Crippen MR) is 65.6 cm³/mol. The van der Waals surface area contributed by atoms with Crippen LogP contribution in [0, 0.1) is 16.9 Å². The number of pyridine rings is 1. The van der Waals surface area contributed by atoms with E-state index < -0.39 is 5.41 Å². The summed E-state index contributed by atoms with van der Waals surface area (Å²) < 4.78 is 0. The second-order valence-electron chi connectivity index (χ2n) is 4.76. The van der Waals surface area contributed by atoms with Gasteiger partial charge in [-0.2, -0.15) is 5.26 Å². The van der Waals surface area contributed by atoms with Crippen LogP contribution in [0.5, 0.6) is 0 Å². The molecule has 2 aliphatic heterocycles. The lowest BCUT2D eigenvalue weighted by atomic mass is 9.86. The molecule has 2 N–H and O–H groups in total. The number of nitrogens with one attached hydrogen (secondary N) is 2. The zero-order valence-corrected chi connectivity index (χ0v) is 9.81. The van der Waals surface area contributed by atoms with E-state index in [9.17, 15) is 4.79 Å². The third-order valence-electron chi connectivity index (χ3n) is 3.63. The van der Waals surface area contributed by atoms with Crippen molar-refractivity contribution in [3.05, 3.63) is 18.3 Å². The van der Waals surface area contributed by atoms with E-state index in [1.807, 2.05) is 6.07 Å². The van der Waals surface area contributed by atoms with Crippen molar-refractivity contribution in [3.8, 4) is 6.19 Å². The predicted octanol–water partition coefficient (Wildman–Crippen LogP) is 0.619. The monoisotopic (exact) mass is 243 g/mol. The van der Waals surface area contributed by atoms with E-state index in [2.05, 4.69) is 21.8 Å². The molecular weight excluding hydrogens is 230 g/mol. The molecule has 92 valence electrons. The molecule has 1 aromatic heterocycles. The van der Waals surface area contributed by atoms with Crippen LogP contribution in [0.1, 0.15) is 6.42 Å². The molecule has 2 aliphatic rings. The maximum atomic E-state index is 12.3. The van der Waals surface area contributed by atoms with Gasteiger partial charge in [0.1, 0.15) is 5.82 Å². The molecule has 0 bridgehead atoms. The quantitative estimate of drug-likeness (QED) is 0.653. The first-order chi connectivity index (χ1) is 8.73. The largest absolute Gasteiger partial charge is 0.367 e. The third-order valence-corrected chi connectivity index (χ3v) is 3.63. The number of hydrogen-bond donors (Lipinski definition) is 2. The summed E-state index contributed by atoms with van der Waals surface area (Å²) in [6.07, 6.45) is 4.48. The lowest BCUT2D eigenvalue weighted by Gasteiger charge is -2.24. The molecule has 1 saturated heterocycles. The normalized spacial score (nSPS) is 25.9. The summed E-state index contributed by atoms with van der Waals surface area (Å²) >= 11 is 0. The zero-order valence-electron chi connectivity index (χ0n) is 9.81. The zero-order chi connectivity index (χ0) is 12.6. The second-order valence-corrected chi connectivity index (χ2v) is 4.76. The number of anilines is 2. The van der Waals surface area contributed by atoms with Crippen molar-refractivity contribution in [3.63, 3.8) is 0 Å². The number of hydrogen-bond acceptors (Lipinski definition) is 5. The molecule has 3 heterocycles. The molecule has 0 saturated carbocycles. The molecule has 0 radical (unpaired) electrons. The lowest BCUT2D eigenvalue weighted by Crippen LogP contribution is -2.41. The third kappa shape index (κ3) is 1.56. The van der Waals surface area contributed by atoms with E-state index in [0.717, 1.165) is 0 Å². The maximum Gasteiger partial charge on any atom is 0.234 e. The minimum atomic E-state index is -0.531. The fourth-order valence-corrected chi connectivity index (χ4v) is 2.52. The molecule has 0 aromatic carbocycles. The first-order valence-corrected chi connectivity index (χ1v) is 5.89. The molecule has 1 atom stereocenters. The Morgan fingerprint density at radius 1 is 1.56 bits per heavy atom. The summed E-state index contributed by atoms with van der Waals surface area (Å²) in [5.74, 6) is 0.664. The van der Waals surface area contributed by atoms with Crippen molar-refractivity contribution < 1.29 is 4.79 Å². The Balaban J connectivity index is 1.90. The number of nitrogens with zero attached hydrogens (tertiary/aromatic N) is 3. The van der Waals surface area contributed by atoms with Gasteiger partial charge in [0.25, 0.3) is 0 Å². The molecule has 1 aromatic rings. The molecule has 6 nitrogen and oxygen atoms in total. The molecule has 1 unspecified atom stereocenters. The van der Waals surface area contributed by atoms with Gasteiger partial charge in [0.05, 0.1) is 11.1 Å². The fourth-order valence-electron chi connectivity index (χ4n) is 2.52. The number of amides is 1. The van der Waals surface area contributed by atoms with Gasteiger partial charge >= 0.3 is 0 Å². The number of carbonyl (C=O) groups is 1. The van der Waals surface area contributed by atoms with Gasteiger partial charge in [-0.25, -0.2) is 4.98 Å². The van der Waals surface area contributed by atoms with Crippen LogP contribution in [0.4, 0.5) is 11.5 Å². The molecule has 1 spiro atoms. The maximum absolute atomic E-state index is 12.3. The molecule has 3 rings (SSSR count). The summed E-state index contributed by atoms with van der Waals surface area (Å²) in [7, 11) is 0. The fraction of sp³-hybridized carbons (Fsp3) is 0.417. The first-order valence-electron chi connectivity index (χ1n) is 5.89. The second kappa shape index (κ2) is 3.88. The molecular formula is C12H13N5O. The van der Waals surface area contributed by atoms with Crippen LogP contribution >= 0.6 is 0 Å². The van der Waals surface area contributed by atoms with Crippen LogP contribution < -0.4 is 10.6 Å². The summed E-state index contributed by atoms with van der Waals surface area (Å²) in [4.78, 5) is 18.2.